The fourth-order valence-corrected chi connectivity index (χ4v) is 3.14. The number of aliphatic hydroxyl groups excluding tert-OH is 1. The monoisotopic (exact) mass is 300 g/mol. The highest BCUT2D eigenvalue weighted by molar-refractivity contribution is 5.90. The molecule has 0 amide bonds. The molecule has 0 aromatic carbocycles. The van der Waals surface area contributed by atoms with E-state index < -0.39 is 36.0 Å². The average molecular weight is 300 g/mol. The van der Waals surface area contributed by atoms with Crippen LogP contribution in [0.5, 0.6) is 0 Å². The van der Waals surface area contributed by atoms with Gasteiger partial charge in [-0.05, 0) is 32.6 Å². The molecular weight excluding hydrogens is 272 g/mol. The van der Waals surface area contributed by atoms with Crippen LogP contribution in [-0.4, -0.2) is 39.7 Å². The van der Waals surface area contributed by atoms with Crippen molar-refractivity contribution in [2.24, 2.45) is 23.3 Å². The molecule has 0 aromatic heterocycles. The summed E-state index contributed by atoms with van der Waals surface area (Å²) < 4.78 is 0. The van der Waals surface area contributed by atoms with E-state index in [1.807, 2.05) is 0 Å². The molecule has 1 rings (SSSR count). The molecule has 3 atom stereocenters. The van der Waals surface area contributed by atoms with E-state index >= 15 is 0 Å². The van der Waals surface area contributed by atoms with E-state index in [1.165, 1.54) is 0 Å². The quantitative estimate of drug-likeness (QED) is 0.547. The van der Waals surface area contributed by atoms with Crippen molar-refractivity contribution in [3.05, 3.63) is 0 Å². The number of carboxylic acid groups (broad SMARTS) is 1. The van der Waals surface area contributed by atoms with Gasteiger partial charge in [0.25, 0.3) is 0 Å². The summed E-state index contributed by atoms with van der Waals surface area (Å²) in [6.45, 7) is 3.34. The number of ketones is 1. The summed E-state index contributed by atoms with van der Waals surface area (Å²) >= 11 is 0. The Kier molecular flexibility index (Phi) is 6.31. The summed E-state index contributed by atoms with van der Waals surface area (Å²) in [5.41, 5.74) is 10.8. The molecule has 1 fully saturated rings. The number of carboxylic acids is 1. The Labute approximate surface area is 125 Å². The first-order valence-corrected chi connectivity index (χ1v) is 7.62. The van der Waals surface area contributed by atoms with E-state index in [-0.39, 0.29) is 11.7 Å². The second-order valence-corrected chi connectivity index (χ2v) is 6.80. The van der Waals surface area contributed by atoms with Crippen molar-refractivity contribution in [2.45, 2.75) is 70.1 Å². The van der Waals surface area contributed by atoms with Crippen LogP contribution in [0, 0.1) is 11.8 Å². The number of aliphatic hydroxyl groups is 1. The first-order chi connectivity index (χ1) is 9.64. The molecule has 21 heavy (non-hydrogen) atoms. The number of hydrogen-bond acceptors (Lipinski definition) is 5. The lowest BCUT2D eigenvalue weighted by Crippen LogP contribution is -2.56. The third-order valence-electron chi connectivity index (χ3n) is 4.35. The Morgan fingerprint density at radius 3 is 2.19 bits per heavy atom. The van der Waals surface area contributed by atoms with Gasteiger partial charge >= 0.3 is 5.97 Å². The minimum atomic E-state index is -1.11. The highest BCUT2D eigenvalue weighted by atomic mass is 16.4. The third kappa shape index (κ3) is 5.05. The van der Waals surface area contributed by atoms with Gasteiger partial charge in [0.15, 0.2) is 5.78 Å². The summed E-state index contributed by atoms with van der Waals surface area (Å²) in [5.74, 6) is -2.14. The maximum Gasteiger partial charge on any atom is 0.305 e. The summed E-state index contributed by atoms with van der Waals surface area (Å²) in [4.78, 5) is 23.3. The number of nitrogens with two attached hydrogens (primary N) is 2. The van der Waals surface area contributed by atoms with Crippen molar-refractivity contribution in [3.63, 3.8) is 0 Å². The van der Waals surface area contributed by atoms with Crippen molar-refractivity contribution in [1.82, 2.24) is 0 Å². The van der Waals surface area contributed by atoms with E-state index in [2.05, 4.69) is 0 Å². The predicted molar refractivity (Wildman–Crippen MR) is 79.6 cm³/mol. The van der Waals surface area contributed by atoms with Gasteiger partial charge in [0.2, 0.25) is 0 Å². The van der Waals surface area contributed by atoms with E-state index in [9.17, 15) is 14.7 Å². The average Bonchev–Trinajstić information content (AvgIpc) is 2.38. The molecular formula is C15H28N2O4. The van der Waals surface area contributed by atoms with Gasteiger partial charge in [-0.25, -0.2) is 0 Å². The van der Waals surface area contributed by atoms with Crippen LogP contribution in [0.25, 0.3) is 0 Å². The van der Waals surface area contributed by atoms with Crippen molar-refractivity contribution in [2.75, 3.05) is 0 Å². The minimum absolute atomic E-state index is 0.0314. The SMILES string of the molecule is CC(C)(N)C(O)C(C(=O)[C@@H](N)CC(=O)O)C1CCCCC1. The second-order valence-electron chi connectivity index (χ2n) is 6.80. The van der Waals surface area contributed by atoms with Gasteiger partial charge in [0, 0.05) is 11.5 Å². The first-order valence-electron chi connectivity index (χ1n) is 7.62. The Bertz CT molecular complexity index is 372. The molecule has 0 radical (unpaired) electrons. The van der Waals surface area contributed by atoms with E-state index in [0.29, 0.717) is 0 Å². The van der Waals surface area contributed by atoms with Gasteiger partial charge in [0.05, 0.1) is 18.6 Å². The number of carbonyl (C=O) groups excluding carboxylic acids is 1. The zero-order valence-corrected chi connectivity index (χ0v) is 12.9. The molecule has 6 heteroatoms. The van der Waals surface area contributed by atoms with E-state index in [0.717, 1.165) is 32.1 Å². The van der Waals surface area contributed by atoms with E-state index in [4.69, 9.17) is 16.6 Å². The standard InChI is InChI=1S/C15H28N2O4/c1-15(2,17)14(21)12(9-6-4-3-5-7-9)13(20)10(16)8-11(18)19/h9-10,12,14,21H,3-8,16-17H2,1-2H3,(H,18,19)/t10-,12?,14?/m0/s1. The molecule has 2 unspecified atom stereocenters. The largest absolute Gasteiger partial charge is 0.481 e. The molecule has 122 valence electrons. The number of aliphatic carboxylic acids is 1. The van der Waals surface area contributed by atoms with Crippen LogP contribution in [0.4, 0.5) is 0 Å². The second kappa shape index (κ2) is 7.33. The summed E-state index contributed by atoms with van der Waals surface area (Å²) in [7, 11) is 0. The van der Waals surface area contributed by atoms with Gasteiger partial charge in [-0.15, -0.1) is 0 Å². The van der Waals surface area contributed by atoms with Crippen molar-refractivity contribution < 1.29 is 19.8 Å². The summed E-state index contributed by atoms with van der Waals surface area (Å²) in [6, 6.07) is -1.09. The molecule has 0 heterocycles. The molecule has 1 aliphatic carbocycles. The van der Waals surface area contributed by atoms with Crippen molar-refractivity contribution in [1.29, 1.82) is 0 Å². The zero-order valence-electron chi connectivity index (χ0n) is 12.9. The molecule has 0 spiro atoms. The molecule has 0 aliphatic heterocycles. The van der Waals surface area contributed by atoms with Crippen molar-refractivity contribution >= 4 is 11.8 Å². The lowest BCUT2D eigenvalue weighted by atomic mass is 9.70. The third-order valence-corrected chi connectivity index (χ3v) is 4.35. The van der Waals surface area contributed by atoms with Crippen LogP contribution in [-0.2, 0) is 9.59 Å². The molecule has 0 aromatic rings. The van der Waals surface area contributed by atoms with Gasteiger partial charge < -0.3 is 21.7 Å². The van der Waals surface area contributed by atoms with Gasteiger partial charge in [-0.3, -0.25) is 9.59 Å². The smallest absolute Gasteiger partial charge is 0.305 e. The molecule has 1 aliphatic rings. The zero-order chi connectivity index (χ0) is 16.2. The number of Topliss-reactive ketones (excluding diaryl/α,β-unsaturated/α-hetero) is 1. The Morgan fingerprint density at radius 2 is 1.76 bits per heavy atom. The topological polar surface area (TPSA) is 127 Å². The first kappa shape index (κ1) is 18.1. The normalized spacial score (nSPS) is 21.6. The van der Waals surface area contributed by atoms with Gasteiger partial charge in [-0.1, -0.05) is 19.3 Å². The van der Waals surface area contributed by atoms with E-state index in [1.54, 1.807) is 13.8 Å². The Morgan fingerprint density at radius 1 is 1.24 bits per heavy atom. The maximum atomic E-state index is 12.6. The number of carbonyl (C=O) groups is 2. The Hall–Kier alpha value is -0.980. The Balaban J connectivity index is 2.94. The predicted octanol–water partition coefficient (Wildman–Crippen LogP) is 0.652. The van der Waals surface area contributed by atoms with Crippen LogP contribution < -0.4 is 11.5 Å². The molecule has 0 bridgehead atoms. The van der Waals surface area contributed by atoms with Gasteiger partial charge in [0.1, 0.15) is 0 Å². The highest BCUT2D eigenvalue weighted by Gasteiger charge is 2.42. The summed E-state index contributed by atoms with van der Waals surface area (Å²) in [6.07, 6.45) is 3.42. The molecule has 1 saturated carbocycles. The van der Waals surface area contributed by atoms with Crippen LogP contribution in [0.1, 0.15) is 52.4 Å². The number of hydrogen-bond donors (Lipinski definition) is 4. The highest BCUT2D eigenvalue weighted by Crippen LogP contribution is 2.35. The molecule has 6 N–H and O–H groups in total. The van der Waals surface area contributed by atoms with Crippen LogP contribution >= 0.6 is 0 Å². The summed E-state index contributed by atoms with van der Waals surface area (Å²) in [5, 5.41) is 19.3. The maximum absolute atomic E-state index is 12.6. The van der Waals surface area contributed by atoms with Crippen LogP contribution in [0.15, 0.2) is 0 Å². The molecule has 0 saturated heterocycles. The van der Waals surface area contributed by atoms with Crippen molar-refractivity contribution in [3.8, 4) is 0 Å². The minimum Gasteiger partial charge on any atom is -0.481 e. The van der Waals surface area contributed by atoms with Gasteiger partial charge in [-0.2, -0.15) is 0 Å². The van der Waals surface area contributed by atoms with Crippen LogP contribution in [0.3, 0.4) is 0 Å². The number of rotatable bonds is 7. The fourth-order valence-electron chi connectivity index (χ4n) is 3.14. The lowest BCUT2D eigenvalue weighted by Gasteiger charge is -2.39. The lowest BCUT2D eigenvalue weighted by molar-refractivity contribution is -0.142. The van der Waals surface area contributed by atoms with Crippen LogP contribution in [0.2, 0.25) is 0 Å². The molecule has 6 nitrogen and oxygen atoms in total. The fraction of sp³-hybridized carbons (Fsp3) is 0.867.